The Balaban J connectivity index is 1.66. The maximum atomic E-state index is 14.9. The number of halogens is 1. The largest absolute Gasteiger partial charge is 0.384 e. The molecule has 2 amide bonds. The van der Waals surface area contributed by atoms with E-state index in [9.17, 15) is 22.4 Å². The van der Waals surface area contributed by atoms with Crippen LogP contribution in [0.25, 0.3) is 21.3 Å². The van der Waals surface area contributed by atoms with Gasteiger partial charge >= 0.3 is 0 Å². The number of nitrogens with one attached hydrogen (secondary N) is 2. The fourth-order valence-electron chi connectivity index (χ4n) is 3.25. The number of hydrogen-bond acceptors (Lipinski definition) is 9. The molecule has 0 saturated heterocycles. The first-order chi connectivity index (χ1) is 16.3. The van der Waals surface area contributed by atoms with Crippen LogP contribution >= 0.6 is 11.3 Å². The number of benzene rings is 1. The lowest BCUT2D eigenvalue weighted by molar-refractivity contribution is -0.126. The molecule has 1 fully saturated rings. The minimum absolute atomic E-state index is 0.0492. The summed E-state index contributed by atoms with van der Waals surface area (Å²) in [5.74, 6) is -2.43. The third-order valence-corrected chi connectivity index (χ3v) is 8.23. The number of carbonyl (C=O) groups excluding carboxylic acids is 2. The second-order valence-electron chi connectivity index (χ2n) is 7.78. The fourth-order valence-corrected chi connectivity index (χ4v) is 6.24. The van der Waals surface area contributed by atoms with Gasteiger partial charge in [0, 0.05) is 31.1 Å². The third kappa shape index (κ3) is 5.54. The van der Waals surface area contributed by atoms with Crippen LogP contribution in [0.4, 0.5) is 4.39 Å². The number of methoxy groups -OCH3 is 1. The number of rotatable bonds is 10. The number of hydrogen-bond donors (Lipinski definition) is 2. The van der Waals surface area contributed by atoms with Crippen LogP contribution in [-0.4, -0.2) is 67.2 Å². The second-order valence-corrected chi connectivity index (χ2v) is 11.1. The highest BCUT2D eigenvalue weighted by Crippen LogP contribution is 2.35. The first-order valence-electron chi connectivity index (χ1n) is 10.4. The van der Waals surface area contributed by atoms with E-state index in [1.807, 2.05) is 0 Å². The van der Waals surface area contributed by atoms with E-state index in [1.54, 1.807) is 6.07 Å². The molecule has 1 unspecified atom stereocenters. The summed E-state index contributed by atoms with van der Waals surface area (Å²) in [7, 11) is -2.74. The lowest BCUT2D eigenvalue weighted by Gasteiger charge is -2.15. The Kier molecular flexibility index (Phi) is 7.14. The van der Waals surface area contributed by atoms with Gasteiger partial charge < -0.3 is 15.4 Å². The van der Waals surface area contributed by atoms with Crippen LogP contribution in [0.15, 0.2) is 30.9 Å². The lowest BCUT2D eigenvalue weighted by Crippen LogP contribution is -2.42. The zero-order valence-corrected chi connectivity index (χ0v) is 19.8. The minimum Gasteiger partial charge on any atom is -0.384 e. The summed E-state index contributed by atoms with van der Waals surface area (Å²) in [4.78, 5) is 36.9. The predicted octanol–water partition coefficient (Wildman–Crippen LogP) is 1.39. The molecule has 2 N–H and O–H groups in total. The van der Waals surface area contributed by atoms with Crippen LogP contribution in [0.5, 0.6) is 0 Å². The van der Waals surface area contributed by atoms with Crippen molar-refractivity contribution in [1.29, 1.82) is 0 Å². The molecule has 0 radical (unpaired) electrons. The minimum atomic E-state index is -4.08. The van der Waals surface area contributed by atoms with Crippen molar-refractivity contribution in [2.75, 3.05) is 26.0 Å². The Labute approximate surface area is 198 Å². The van der Waals surface area contributed by atoms with E-state index in [-0.39, 0.29) is 29.7 Å². The highest BCUT2D eigenvalue weighted by atomic mass is 32.2. The Morgan fingerprint density at radius 2 is 1.97 bits per heavy atom. The Bertz CT molecular complexity index is 1310. The highest BCUT2D eigenvalue weighted by molar-refractivity contribution is 7.92. The van der Waals surface area contributed by atoms with Crippen LogP contribution in [0.3, 0.4) is 0 Å². The van der Waals surface area contributed by atoms with Gasteiger partial charge in [0.1, 0.15) is 16.9 Å². The molecule has 1 atom stereocenters. The van der Waals surface area contributed by atoms with Gasteiger partial charge in [-0.15, -0.1) is 11.3 Å². The van der Waals surface area contributed by atoms with E-state index in [1.165, 1.54) is 31.9 Å². The summed E-state index contributed by atoms with van der Waals surface area (Å²) in [5.41, 5.74) is 1.01. The molecule has 2 aromatic heterocycles. The van der Waals surface area contributed by atoms with E-state index in [2.05, 4.69) is 25.6 Å². The predicted molar refractivity (Wildman–Crippen MR) is 123 cm³/mol. The van der Waals surface area contributed by atoms with Gasteiger partial charge in [0.05, 0.1) is 23.6 Å². The molecule has 3 aromatic rings. The average molecular weight is 508 g/mol. The number of sulfone groups is 1. The zero-order valence-electron chi connectivity index (χ0n) is 18.2. The van der Waals surface area contributed by atoms with Crippen molar-refractivity contribution < 1.29 is 27.1 Å². The van der Waals surface area contributed by atoms with Gasteiger partial charge in [-0.1, -0.05) is 0 Å². The Hall–Kier alpha value is -3.03. The molecule has 180 valence electrons. The number of ether oxygens (including phenoxy) is 1. The number of nitrogens with zero attached hydrogens (tertiary/aromatic N) is 3. The number of carbonyl (C=O) groups is 2. The molecule has 0 bridgehead atoms. The molecule has 34 heavy (non-hydrogen) atoms. The van der Waals surface area contributed by atoms with E-state index in [0.717, 1.165) is 24.2 Å². The van der Waals surface area contributed by atoms with Crippen molar-refractivity contribution in [2.24, 2.45) is 0 Å². The van der Waals surface area contributed by atoms with Crippen LogP contribution < -0.4 is 10.6 Å². The Morgan fingerprint density at radius 3 is 2.65 bits per heavy atom. The summed E-state index contributed by atoms with van der Waals surface area (Å²) in [6.07, 6.45) is 6.15. The third-order valence-electron chi connectivity index (χ3n) is 5.12. The summed E-state index contributed by atoms with van der Waals surface area (Å²) in [6, 6.07) is 2.99. The molecule has 2 heterocycles. The number of aromatic nitrogens is 3. The van der Waals surface area contributed by atoms with Crippen LogP contribution in [0.1, 0.15) is 23.1 Å². The van der Waals surface area contributed by atoms with Crippen molar-refractivity contribution in [3.05, 3.63) is 41.7 Å². The number of fused-ring (bicyclic) bond motifs is 1. The second kappa shape index (κ2) is 10.1. The summed E-state index contributed by atoms with van der Waals surface area (Å²) in [5, 5.41) is 3.29. The van der Waals surface area contributed by atoms with Crippen molar-refractivity contribution in [3.8, 4) is 11.1 Å². The smallest absolute Gasteiger partial charge is 0.245 e. The molecule has 4 rings (SSSR count). The Morgan fingerprint density at radius 1 is 1.24 bits per heavy atom. The van der Waals surface area contributed by atoms with Crippen molar-refractivity contribution in [3.63, 3.8) is 0 Å². The molecule has 1 aliphatic rings. The normalized spacial score (nSPS) is 14.6. The summed E-state index contributed by atoms with van der Waals surface area (Å²) in [6.45, 7) is -0.505. The molecule has 13 heteroatoms. The number of amides is 2. The van der Waals surface area contributed by atoms with Crippen molar-refractivity contribution in [2.45, 2.75) is 24.1 Å². The highest BCUT2D eigenvalue weighted by Gasteiger charge is 2.37. The molecule has 1 aromatic carbocycles. The standard InChI is InChI=1S/C21H22FN5O5S2/c1-32-4-5-34(30,31)19(20(29)25-10-17(28)26-14-2-3-14)21-27-18-15(22)6-12(7-16(18)33-21)13-8-23-11-24-9-13/h6-9,11,14,19H,2-5,10H2,1H3,(H,25,29)(H,26,28). The molecule has 1 saturated carbocycles. The van der Waals surface area contributed by atoms with Crippen LogP contribution in [0, 0.1) is 5.82 Å². The van der Waals surface area contributed by atoms with E-state index >= 15 is 0 Å². The fraction of sp³-hybridized carbons (Fsp3) is 0.381. The molecule has 10 nitrogen and oxygen atoms in total. The van der Waals surface area contributed by atoms with Gasteiger partial charge in [-0.2, -0.15) is 0 Å². The van der Waals surface area contributed by atoms with Crippen LogP contribution in [-0.2, 0) is 24.2 Å². The maximum Gasteiger partial charge on any atom is 0.245 e. The van der Waals surface area contributed by atoms with Gasteiger partial charge in [-0.05, 0) is 30.5 Å². The van der Waals surface area contributed by atoms with Crippen molar-refractivity contribution in [1.82, 2.24) is 25.6 Å². The zero-order chi connectivity index (χ0) is 24.3. The SMILES string of the molecule is COCCS(=O)(=O)C(C(=O)NCC(=O)NC1CC1)c1nc2c(F)cc(-c3cncnc3)cc2s1. The monoisotopic (exact) mass is 507 g/mol. The van der Waals surface area contributed by atoms with Crippen LogP contribution in [0.2, 0.25) is 0 Å². The maximum absolute atomic E-state index is 14.9. The molecule has 0 aliphatic heterocycles. The first-order valence-corrected chi connectivity index (χ1v) is 12.9. The van der Waals surface area contributed by atoms with Gasteiger partial charge in [0.25, 0.3) is 0 Å². The topological polar surface area (TPSA) is 140 Å². The van der Waals surface area contributed by atoms with Gasteiger partial charge in [0.15, 0.2) is 20.9 Å². The van der Waals surface area contributed by atoms with Gasteiger partial charge in [0.2, 0.25) is 11.8 Å². The van der Waals surface area contributed by atoms with E-state index < -0.39 is 38.5 Å². The molecular weight excluding hydrogens is 485 g/mol. The first kappa shape index (κ1) is 24.1. The molecule has 0 spiro atoms. The van der Waals surface area contributed by atoms with Gasteiger partial charge in [-0.25, -0.2) is 27.8 Å². The van der Waals surface area contributed by atoms with Gasteiger partial charge in [-0.3, -0.25) is 9.59 Å². The molecule has 1 aliphatic carbocycles. The van der Waals surface area contributed by atoms with E-state index in [4.69, 9.17) is 4.74 Å². The number of thiazole rings is 1. The van der Waals surface area contributed by atoms with Crippen molar-refractivity contribution >= 4 is 43.2 Å². The van der Waals surface area contributed by atoms with E-state index in [0.29, 0.717) is 15.8 Å². The lowest BCUT2D eigenvalue weighted by atomic mass is 10.1. The summed E-state index contributed by atoms with van der Waals surface area (Å²) < 4.78 is 46.2. The average Bonchev–Trinajstić information content (AvgIpc) is 3.52. The quantitative estimate of drug-likeness (QED) is 0.420. The molecular formula is C21H22FN5O5S2. The summed E-state index contributed by atoms with van der Waals surface area (Å²) >= 11 is 0.899.